The van der Waals surface area contributed by atoms with Gasteiger partial charge in [0.1, 0.15) is 0 Å². The molecule has 0 aliphatic carbocycles. The molecule has 100 valence electrons. The number of hydrogen-bond donors (Lipinski definition) is 1. The molecule has 2 aromatic rings. The predicted octanol–water partition coefficient (Wildman–Crippen LogP) is 3.01. The topological polar surface area (TPSA) is 24.9 Å². The Hall–Kier alpha value is -1.81. The highest BCUT2D eigenvalue weighted by atomic mass is 19.3. The zero-order chi connectivity index (χ0) is 13.6. The summed E-state index contributed by atoms with van der Waals surface area (Å²) in [5.41, 5.74) is 1.09. The first-order valence-electron chi connectivity index (χ1n) is 6.21. The summed E-state index contributed by atoms with van der Waals surface area (Å²) in [6, 6.07) is 11.6. The van der Waals surface area contributed by atoms with E-state index in [1.165, 1.54) is 12.1 Å². The molecule has 0 amide bonds. The van der Waals surface area contributed by atoms with Gasteiger partial charge in [-0.15, -0.1) is 0 Å². The van der Waals surface area contributed by atoms with E-state index < -0.39 is 5.92 Å². The summed E-state index contributed by atoms with van der Waals surface area (Å²) in [6.07, 6.45) is 4.14. The van der Waals surface area contributed by atoms with Gasteiger partial charge in [-0.1, -0.05) is 36.4 Å². The molecule has 1 aromatic heterocycles. The van der Waals surface area contributed by atoms with E-state index in [0.717, 1.165) is 5.56 Å². The second-order valence-electron chi connectivity index (χ2n) is 4.36. The zero-order valence-electron chi connectivity index (χ0n) is 10.5. The Morgan fingerprint density at radius 2 is 1.84 bits per heavy atom. The van der Waals surface area contributed by atoms with E-state index in [2.05, 4.69) is 10.3 Å². The zero-order valence-corrected chi connectivity index (χ0v) is 10.5. The maximum atomic E-state index is 13.8. The smallest absolute Gasteiger partial charge is 0.285 e. The summed E-state index contributed by atoms with van der Waals surface area (Å²) in [5.74, 6) is -2.84. The molecule has 0 unspecified atom stereocenters. The molecule has 19 heavy (non-hydrogen) atoms. The molecular weight excluding hydrogens is 246 g/mol. The van der Waals surface area contributed by atoms with Crippen LogP contribution in [0.25, 0.3) is 0 Å². The highest BCUT2D eigenvalue weighted by molar-refractivity contribution is 5.20. The lowest BCUT2D eigenvalue weighted by Gasteiger charge is -2.17. The molecule has 0 aliphatic heterocycles. The van der Waals surface area contributed by atoms with E-state index >= 15 is 0 Å². The van der Waals surface area contributed by atoms with Crippen molar-refractivity contribution in [3.8, 4) is 0 Å². The maximum absolute atomic E-state index is 13.8. The molecule has 2 nitrogen and oxygen atoms in total. The first-order valence-corrected chi connectivity index (χ1v) is 6.21. The summed E-state index contributed by atoms with van der Waals surface area (Å²) >= 11 is 0. The van der Waals surface area contributed by atoms with Gasteiger partial charge in [0.15, 0.2) is 0 Å². The Labute approximate surface area is 111 Å². The Bertz CT molecular complexity index is 486. The standard InChI is InChI=1S/C15H16F2N2/c16-15(17,14-6-2-1-3-7-14)12-19-10-8-13-5-4-9-18-11-13/h1-7,9,11,19H,8,10,12H2. The van der Waals surface area contributed by atoms with Crippen LogP contribution in [0.15, 0.2) is 54.9 Å². The van der Waals surface area contributed by atoms with Gasteiger partial charge in [0.05, 0.1) is 6.54 Å². The van der Waals surface area contributed by atoms with Gasteiger partial charge in [0, 0.05) is 18.0 Å². The van der Waals surface area contributed by atoms with Crippen LogP contribution in [0.3, 0.4) is 0 Å². The van der Waals surface area contributed by atoms with Crippen LogP contribution >= 0.6 is 0 Å². The van der Waals surface area contributed by atoms with Crippen LogP contribution in [0.4, 0.5) is 8.78 Å². The van der Waals surface area contributed by atoms with Crippen LogP contribution in [-0.4, -0.2) is 18.1 Å². The minimum Gasteiger partial charge on any atom is -0.311 e. The molecule has 0 atom stereocenters. The quantitative estimate of drug-likeness (QED) is 0.809. The third kappa shape index (κ3) is 4.10. The van der Waals surface area contributed by atoms with Gasteiger partial charge in [0.2, 0.25) is 0 Å². The van der Waals surface area contributed by atoms with E-state index in [-0.39, 0.29) is 12.1 Å². The lowest BCUT2D eigenvalue weighted by atomic mass is 10.1. The second kappa shape index (κ2) is 6.38. The molecule has 0 spiro atoms. The maximum Gasteiger partial charge on any atom is 0.285 e. The summed E-state index contributed by atoms with van der Waals surface area (Å²) in [6.45, 7) is 0.158. The fourth-order valence-corrected chi connectivity index (χ4v) is 1.81. The highest BCUT2D eigenvalue weighted by Gasteiger charge is 2.30. The second-order valence-corrected chi connectivity index (χ2v) is 4.36. The Morgan fingerprint density at radius 3 is 2.53 bits per heavy atom. The van der Waals surface area contributed by atoms with Gasteiger partial charge >= 0.3 is 0 Å². The predicted molar refractivity (Wildman–Crippen MR) is 71.1 cm³/mol. The van der Waals surface area contributed by atoms with E-state index in [1.54, 1.807) is 30.6 Å². The Morgan fingerprint density at radius 1 is 1.05 bits per heavy atom. The fourth-order valence-electron chi connectivity index (χ4n) is 1.81. The summed E-state index contributed by atoms with van der Waals surface area (Å²) in [5, 5.41) is 2.79. The van der Waals surface area contributed by atoms with Gasteiger partial charge in [-0.3, -0.25) is 4.98 Å². The van der Waals surface area contributed by atoms with Crippen LogP contribution in [0.2, 0.25) is 0 Å². The van der Waals surface area contributed by atoms with E-state index in [9.17, 15) is 8.78 Å². The van der Waals surface area contributed by atoms with Crippen LogP contribution in [0.1, 0.15) is 11.1 Å². The number of nitrogens with zero attached hydrogens (tertiary/aromatic N) is 1. The van der Waals surface area contributed by atoms with Crippen molar-refractivity contribution in [2.45, 2.75) is 12.3 Å². The van der Waals surface area contributed by atoms with E-state index in [4.69, 9.17) is 0 Å². The highest BCUT2D eigenvalue weighted by Crippen LogP contribution is 2.26. The van der Waals surface area contributed by atoms with Crippen LogP contribution < -0.4 is 5.32 Å². The average Bonchev–Trinajstić information content (AvgIpc) is 2.46. The van der Waals surface area contributed by atoms with Crippen LogP contribution in [-0.2, 0) is 12.3 Å². The number of halogens is 2. The first-order chi connectivity index (χ1) is 9.18. The van der Waals surface area contributed by atoms with Crippen molar-refractivity contribution in [3.05, 3.63) is 66.0 Å². The number of benzene rings is 1. The molecule has 1 heterocycles. The van der Waals surface area contributed by atoms with Crippen molar-refractivity contribution in [2.24, 2.45) is 0 Å². The number of nitrogens with one attached hydrogen (secondary N) is 1. The molecular formula is C15H16F2N2. The molecule has 0 bridgehead atoms. The largest absolute Gasteiger partial charge is 0.311 e. The minimum absolute atomic E-state index is 0.0453. The Kier molecular flexibility index (Phi) is 4.58. The lowest BCUT2D eigenvalue weighted by molar-refractivity contribution is -0.00285. The molecule has 0 aliphatic rings. The summed E-state index contributed by atoms with van der Waals surface area (Å²) in [7, 11) is 0. The number of rotatable bonds is 6. The number of pyridine rings is 1. The number of hydrogen-bond acceptors (Lipinski definition) is 2. The van der Waals surface area contributed by atoms with Gasteiger partial charge in [-0.25, -0.2) is 0 Å². The van der Waals surface area contributed by atoms with Gasteiger partial charge in [0.25, 0.3) is 5.92 Å². The first kappa shape index (κ1) is 13.6. The molecule has 0 saturated heterocycles. The van der Waals surface area contributed by atoms with Crippen LogP contribution in [0.5, 0.6) is 0 Å². The summed E-state index contributed by atoms with van der Waals surface area (Å²) < 4.78 is 27.6. The van der Waals surface area contributed by atoms with Crippen molar-refractivity contribution in [1.29, 1.82) is 0 Å². The summed E-state index contributed by atoms with van der Waals surface area (Å²) in [4.78, 5) is 3.98. The molecule has 0 saturated carbocycles. The van der Waals surface area contributed by atoms with Crippen LogP contribution in [0, 0.1) is 0 Å². The van der Waals surface area contributed by atoms with E-state index in [0.29, 0.717) is 13.0 Å². The SMILES string of the molecule is FC(F)(CNCCc1cccnc1)c1ccccc1. The normalized spacial score (nSPS) is 11.5. The number of alkyl halides is 2. The van der Waals surface area contributed by atoms with Crippen molar-refractivity contribution in [2.75, 3.05) is 13.1 Å². The fraction of sp³-hybridized carbons (Fsp3) is 0.267. The van der Waals surface area contributed by atoms with Crippen molar-refractivity contribution in [3.63, 3.8) is 0 Å². The third-order valence-electron chi connectivity index (χ3n) is 2.86. The van der Waals surface area contributed by atoms with Gasteiger partial charge in [-0.2, -0.15) is 8.78 Å². The van der Waals surface area contributed by atoms with E-state index in [1.807, 2.05) is 12.1 Å². The van der Waals surface area contributed by atoms with Crippen molar-refractivity contribution < 1.29 is 8.78 Å². The monoisotopic (exact) mass is 262 g/mol. The Balaban J connectivity index is 1.79. The molecule has 2 rings (SSSR count). The molecule has 0 fully saturated rings. The lowest BCUT2D eigenvalue weighted by Crippen LogP contribution is -2.32. The minimum atomic E-state index is -2.84. The van der Waals surface area contributed by atoms with Gasteiger partial charge < -0.3 is 5.32 Å². The molecule has 0 radical (unpaired) electrons. The van der Waals surface area contributed by atoms with Crippen molar-refractivity contribution >= 4 is 0 Å². The average molecular weight is 262 g/mol. The van der Waals surface area contributed by atoms with Crippen molar-refractivity contribution in [1.82, 2.24) is 10.3 Å². The molecule has 4 heteroatoms. The van der Waals surface area contributed by atoms with Gasteiger partial charge in [-0.05, 0) is 24.6 Å². The molecule has 1 N–H and O–H groups in total. The molecule has 1 aromatic carbocycles. The number of aromatic nitrogens is 1. The third-order valence-corrected chi connectivity index (χ3v) is 2.86.